The lowest BCUT2D eigenvalue weighted by atomic mass is 10.1. The fourth-order valence-electron chi connectivity index (χ4n) is 3.12. The second-order valence-corrected chi connectivity index (χ2v) is 6.21. The van der Waals surface area contributed by atoms with E-state index in [4.69, 9.17) is 0 Å². The van der Waals surface area contributed by atoms with Crippen molar-refractivity contribution in [3.05, 3.63) is 65.5 Å². The summed E-state index contributed by atoms with van der Waals surface area (Å²) < 4.78 is 13.4. The molecule has 0 spiro atoms. The Hall–Kier alpha value is -2.69. The summed E-state index contributed by atoms with van der Waals surface area (Å²) in [5.74, 6) is -0.966. The summed E-state index contributed by atoms with van der Waals surface area (Å²) in [4.78, 5) is 26.8. The largest absolute Gasteiger partial charge is 0.327 e. The van der Waals surface area contributed by atoms with Crippen molar-refractivity contribution in [2.24, 2.45) is 0 Å². The number of hydrogen-bond donors (Lipinski definition) is 1. The van der Waals surface area contributed by atoms with Gasteiger partial charge in [-0.3, -0.25) is 9.59 Å². The second kappa shape index (κ2) is 7.47. The lowest BCUT2D eigenvalue weighted by molar-refractivity contribution is -0.119. The van der Waals surface area contributed by atoms with Gasteiger partial charge in [-0.15, -0.1) is 0 Å². The van der Waals surface area contributed by atoms with Crippen LogP contribution in [0.5, 0.6) is 0 Å². The highest BCUT2D eigenvalue weighted by molar-refractivity contribution is 6.01. The summed E-state index contributed by atoms with van der Waals surface area (Å²) >= 11 is 0. The van der Waals surface area contributed by atoms with E-state index in [1.54, 1.807) is 6.07 Å². The van der Waals surface area contributed by atoms with E-state index in [0.29, 0.717) is 18.7 Å². The molecule has 2 amide bonds. The molecule has 5 heteroatoms. The van der Waals surface area contributed by atoms with Gasteiger partial charge in [-0.2, -0.15) is 0 Å². The van der Waals surface area contributed by atoms with E-state index >= 15 is 0 Å². The highest BCUT2D eigenvalue weighted by Crippen LogP contribution is 2.22. The number of benzene rings is 2. The third-order valence-electron chi connectivity index (χ3n) is 4.52. The summed E-state index contributed by atoms with van der Waals surface area (Å²) in [5.41, 5.74) is 2.18. The molecule has 0 aromatic heterocycles. The molecule has 2 aromatic carbocycles. The molecule has 0 radical (unpaired) electrons. The van der Waals surface area contributed by atoms with Gasteiger partial charge in [-0.1, -0.05) is 25.1 Å². The zero-order valence-electron chi connectivity index (χ0n) is 14.2. The van der Waals surface area contributed by atoms with Crippen LogP contribution in [0.4, 0.5) is 10.1 Å². The SMILES string of the molecule is CCc1ccc(NC(=O)C2CCCN2C(=O)c2cccc(F)c2)cc1. The Kier molecular flexibility index (Phi) is 5.12. The van der Waals surface area contributed by atoms with Crippen LogP contribution in [0.1, 0.15) is 35.7 Å². The van der Waals surface area contributed by atoms with E-state index < -0.39 is 11.9 Å². The van der Waals surface area contributed by atoms with Crippen LogP contribution in [0, 0.1) is 5.82 Å². The van der Waals surface area contributed by atoms with E-state index in [-0.39, 0.29) is 17.4 Å². The second-order valence-electron chi connectivity index (χ2n) is 6.21. The number of likely N-dealkylation sites (tertiary alicyclic amines) is 1. The van der Waals surface area contributed by atoms with Gasteiger partial charge in [0.05, 0.1) is 0 Å². The Morgan fingerprint density at radius 1 is 1.20 bits per heavy atom. The molecular weight excluding hydrogens is 319 g/mol. The molecule has 130 valence electrons. The van der Waals surface area contributed by atoms with Crippen molar-refractivity contribution in [3.63, 3.8) is 0 Å². The minimum Gasteiger partial charge on any atom is -0.327 e. The monoisotopic (exact) mass is 340 g/mol. The molecule has 1 aliphatic heterocycles. The van der Waals surface area contributed by atoms with Crippen molar-refractivity contribution in [2.75, 3.05) is 11.9 Å². The molecule has 1 unspecified atom stereocenters. The first-order valence-electron chi connectivity index (χ1n) is 8.55. The van der Waals surface area contributed by atoms with Gasteiger partial charge in [0.15, 0.2) is 0 Å². The maximum atomic E-state index is 13.4. The number of anilines is 1. The average Bonchev–Trinajstić information content (AvgIpc) is 3.11. The van der Waals surface area contributed by atoms with Crippen molar-refractivity contribution >= 4 is 17.5 Å². The van der Waals surface area contributed by atoms with Crippen LogP contribution in [0.25, 0.3) is 0 Å². The zero-order valence-corrected chi connectivity index (χ0v) is 14.2. The first kappa shape index (κ1) is 17.1. The molecule has 4 nitrogen and oxygen atoms in total. The first-order chi connectivity index (χ1) is 12.1. The van der Waals surface area contributed by atoms with Crippen LogP contribution >= 0.6 is 0 Å². The Morgan fingerprint density at radius 3 is 2.64 bits per heavy atom. The number of nitrogens with one attached hydrogen (secondary N) is 1. The normalized spacial score (nSPS) is 16.7. The fourth-order valence-corrected chi connectivity index (χ4v) is 3.12. The van der Waals surface area contributed by atoms with Crippen LogP contribution < -0.4 is 5.32 Å². The first-order valence-corrected chi connectivity index (χ1v) is 8.55. The van der Waals surface area contributed by atoms with Crippen LogP contribution in [0.3, 0.4) is 0 Å². The number of halogens is 1. The zero-order chi connectivity index (χ0) is 17.8. The molecule has 1 N–H and O–H groups in total. The van der Waals surface area contributed by atoms with Gasteiger partial charge in [-0.25, -0.2) is 4.39 Å². The van der Waals surface area contributed by atoms with Crippen LogP contribution in [-0.2, 0) is 11.2 Å². The number of carbonyl (C=O) groups is 2. The number of nitrogens with zero attached hydrogens (tertiary/aromatic N) is 1. The Labute approximate surface area is 146 Å². The molecule has 1 saturated heterocycles. The smallest absolute Gasteiger partial charge is 0.254 e. The number of aryl methyl sites for hydroxylation is 1. The molecule has 2 aromatic rings. The van der Waals surface area contributed by atoms with Gasteiger partial charge in [0.25, 0.3) is 5.91 Å². The van der Waals surface area contributed by atoms with Gasteiger partial charge < -0.3 is 10.2 Å². The maximum absolute atomic E-state index is 13.4. The predicted octanol–water partition coefficient (Wildman–Crippen LogP) is 3.63. The van der Waals surface area contributed by atoms with Crippen molar-refractivity contribution in [3.8, 4) is 0 Å². The topological polar surface area (TPSA) is 49.4 Å². The van der Waals surface area contributed by atoms with Crippen LogP contribution in [0.2, 0.25) is 0 Å². The molecular formula is C20H21FN2O2. The Bertz CT molecular complexity index is 774. The third kappa shape index (κ3) is 3.87. The van der Waals surface area contributed by atoms with E-state index in [1.807, 2.05) is 24.3 Å². The molecule has 0 bridgehead atoms. The van der Waals surface area contributed by atoms with Crippen LogP contribution in [-0.4, -0.2) is 29.3 Å². The summed E-state index contributed by atoms with van der Waals surface area (Å²) in [7, 11) is 0. The Balaban J connectivity index is 1.71. The standard InChI is InChI=1S/C20H21FN2O2/c1-2-14-8-10-17(11-9-14)22-19(24)18-7-4-12-23(18)20(25)15-5-3-6-16(21)13-15/h3,5-6,8-11,13,18H,2,4,7,12H2,1H3,(H,22,24). The van der Waals surface area contributed by atoms with Gasteiger partial charge in [0.1, 0.15) is 11.9 Å². The van der Waals surface area contributed by atoms with E-state index in [0.717, 1.165) is 12.8 Å². The molecule has 1 fully saturated rings. The van der Waals surface area contributed by atoms with Gasteiger partial charge in [0.2, 0.25) is 5.91 Å². The average molecular weight is 340 g/mol. The molecule has 0 saturated carbocycles. The molecule has 1 heterocycles. The summed E-state index contributed by atoms with van der Waals surface area (Å²) in [6, 6.07) is 12.7. The molecule has 1 aliphatic rings. The van der Waals surface area contributed by atoms with E-state index in [2.05, 4.69) is 12.2 Å². The van der Waals surface area contributed by atoms with Crippen LogP contribution in [0.15, 0.2) is 48.5 Å². The van der Waals surface area contributed by atoms with Crippen molar-refractivity contribution in [1.29, 1.82) is 0 Å². The van der Waals surface area contributed by atoms with E-state index in [9.17, 15) is 14.0 Å². The number of carbonyl (C=O) groups excluding carboxylic acids is 2. The highest BCUT2D eigenvalue weighted by atomic mass is 19.1. The number of hydrogen-bond acceptors (Lipinski definition) is 2. The highest BCUT2D eigenvalue weighted by Gasteiger charge is 2.34. The third-order valence-corrected chi connectivity index (χ3v) is 4.52. The van der Waals surface area contributed by atoms with Crippen molar-refractivity contribution in [2.45, 2.75) is 32.2 Å². The summed E-state index contributed by atoms with van der Waals surface area (Å²) in [6.45, 7) is 2.57. The lowest BCUT2D eigenvalue weighted by Crippen LogP contribution is -2.43. The number of rotatable bonds is 4. The maximum Gasteiger partial charge on any atom is 0.254 e. The Morgan fingerprint density at radius 2 is 1.96 bits per heavy atom. The lowest BCUT2D eigenvalue weighted by Gasteiger charge is -2.24. The summed E-state index contributed by atoms with van der Waals surface area (Å²) in [6.07, 6.45) is 2.31. The van der Waals surface area contributed by atoms with Crippen molar-refractivity contribution < 1.29 is 14.0 Å². The van der Waals surface area contributed by atoms with E-state index in [1.165, 1.54) is 28.7 Å². The molecule has 0 aliphatic carbocycles. The minimum absolute atomic E-state index is 0.202. The number of amides is 2. The van der Waals surface area contributed by atoms with Gasteiger partial charge in [-0.05, 0) is 55.2 Å². The van der Waals surface area contributed by atoms with Gasteiger partial charge in [0, 0.05) is 17.8 Å². The fraction of sp³-hybridized carbons (Fsp3) is 0.300. The molecule has 1 atom stereocenters. The quantitative estimate of drug-likeness (QED) is 0.924. The van der Waals surface area contributed by atoms with Crippen molar-refractivity contribution in [1.82, 2.24) is 4.90 Å². The molecule has 25 heavy (non-hydrogen) atoms. The van der Waals surface area contributed by atoms with Gasteiger partial charge >= 0.3 is 0 Å². The molecule has 3 rings (SSSR count). The predicted molar refractivity (Wildman–Crippen MR) is 94.9 cm³/mol. The summed E-state index contributed by atoms with van der Waals surface area (Å²) in [5, 5.41) is 2.88. The minimum atomic E-state index is -0.526.